The van der Waals surface area contributed by atoms with Crippen molar-refractivity contribution in [2.24, 2.45) is 0 Å². The maximum atomic E-state index is 2.58. The first-order valence-corrected chi connectivity index (χ1v) is 9.39. The Morgan fingerprint density at radius 1 is 1.08 bits per heavy atom. The Morgan fingerprint density at radius 2 is 1.50 bits per heavy atom. The van der Waals surface area contributed by atoms with Crippen molar-refractivity contribution < 1.29 is 0 Å². The van der Waals surface area contributed by atoms with Crippen molar-refractivity contribution in [2.45, 2.75) is 57.8 Å². The summed E-state index contributed by atoms with van der Waals surface area (Å²) in [6, 6.07) is 1.52. The van der Waals surface area contributed by atoms with Crippen molar-refractivity contribution in [3.8, 4) is 0 Å². The van der Waals surface area contributed by atoms with E-state index in [1.807, 2.05) is 0 Å². The first-order chi connectivity index (χ1) is 5.45. The summed E-state index contributed by atoms with van der Waals surface area (Å²) in [5, 5.41) is 0. The van der Waals surface area contributed by atoms with E-state index in [0.717, 1.165) is 11.1 Å². The van der Waals surface area contributed by atoms with E-state index in [-0.39, 0.29) is 0 Å². The van der Waals surface area contributed by atoms with E-state index in [0.29, 0.717) is 0 Å². The minimum Gasteiger partial charge on any atom is -0.0864 e. The molecule has 0 heterocycles. The van der Waals surface area contributed by atoms with Gasteiger partial charge in [0.15, 0.2) is 0 Å². The lowest BCUT2D eigenvalue weighted by Crippen LogP contribution is -2.37. The third kappa shape index (κ3) is 3.36. The molecule has 12 heavy (non-hydrogen) atoms. The van der Waals surface area contributed by atoms with Gasteiger partial charge in [0.2, 0.25) is 0 Å². The van der Waals surface area contributed by atoms with Crippen molar-refractivity contribution >= 4 is 30.7 Å². The van der Waals surface area contributed by atoms with E-state index in [9.17, 15) is 0 Å². The van der Waals surface area contributed by atoms with Gasteiger partial charge in [-0.3, -0.25) is 0 Å². The molecule has 0 unspecified atom stereocenters. The average Bonchev–Trinajstić information content (AvgIpc) is 1.99. The Kier molecular flexibility index (Phi) is 6.07. The Hall–Kier alpha value is 0.947. The Bertz CT molecular complexity index is 113. The third-order valence-electron chi connectivity index (χ3n) is 3.49. The van der Waals surface area contributed by atoms with Gasteiger partial charge in [0.05, 0.1) is 8.07 Å². The molecule has 0 aromatic heterocycles. The van der Waals surface area contributed by atoms with E-state index in [2.05, 4.69) is 56.8 Å². The number of halogens is 1. The summed E-state index contributed by atoms with van der Waals surface area (Å²) in [4.78, 5) is 0. The predicted octanol–water partition coefficient (Wildman–Crippen LogP) is 4.71. The standard InChI is InChI=1S/C10H23ISi/c1-9(2)12(5,10(3)4)8-6-7-11/h9-10H,6-8H2,1-5H3. The summed E-state index contributed by atoms with van der Waals surface area (Å²) in [7, 11) is -0.930. The molecule has 0 N–H and O–H groups in total. The Balaban J connectivity index is 4.19. The number of hydrogen-bond donors (Lipinski definition) is 0. The SMILES string of the molecule is CC(C)[Si](C)(CCCI)C(C)C. The van der Waals surface area contributed by atoms with E-state index in [1.165, 1.54) is 16.9 Å². The van der Waals surface area contributed by atoms with Gasteiger partial charge in [0.1, 0.15) is 0 Å². The van der Waals surface area contributed by atoms with Gasteiger partial charge in [0.25, 0.3) is 0 Å². The fraction of sp³-hybridized carbons (Fsp3) is 1.00. The maximum absolute atomic E-state index is 2.58. The van der Waals surface area contributed by atoms with Crippen molar-refractivity contribution in [2.75, 3.05) is 4.43 Å². The number of rotatable bonds is 5. The smallest absolute Gasteiger partial charge is 0.0556 e. The Labute approximate surface area is 92.7 Å². The van der Waals surface area contributed by atoms with Crippen LogP contribution in [0.25, 0.3) is 0 Å². The second kappa shape index (κ2) is 5.63. The van der Waals surface area contributed by atoms with Crippen LogP contribution < -0.4 is 0 Å². The quantitative estimate of drug-likeness (QED) is 0.392. The van der Waals surface area contributed by atoms with Gasteiger partial charge in [-0.2, -0.15) is 0 Å². The molecular weight excluding hydrogens is 275 g/mol. The molecule has 74 valence electrons. The van der Waals surface area contributed by atoms with Gasteiger partial charge in [-0.25, -0.2) is 0 Å². The Morgan fingerprint density at radius 3 is 1.75 bits per heavy atom. The second-order valence-corrected chi connectivity index (χ2v) is 11.5. The zero-order valence-electron chi connectivity index (χ0n) is 9.15. The molecule has 0 spiro atoms. The van der Waals surface area contributed by atoms with Crippen LogP contribution in [0, 0.1) is 0 Å². The fourth-order valence-electron chi connectivity index (χ4n) is 1.69. The monoisotopic (exact) mass is 298 g/mol. The zero-order valence-corrected chi connectivity index (χ0v) is 12.3. The molecule has 0 aliphatic carbocycles. The van der Waals surface area contributed by atoms with Crippen LogP contribution in [-0.2, 0) is 0 Å². The van der Waals surface area contributed by atoms with Gasteiger partial charge in [-0.05, 0) is 10.8 Å². The molecule has 0 atom stereocenters. The van der Waals surface area contributed by atoms with Crippen molar-refractivity contribution in [3.05, 3.63) is 0 Å². The second-order valence-electron chi connectivity index (χ2n) is 4.61. The van der Waals surface area contributed by atoms with Crippen LogP contribution in [0.3, 0.4) is 0 Å². The largest absolute Gasteiger partial charge is 0.0864 e. The van der Waals surface area contributed by atoms with Gasteiger partial charge in [-0.1, -0.05) is 74.0 Å². The van der Waals surface area contributed by atoms with Crippen molar-refractivity contribution in [1.82, 2.24) is 0 Å². The lowest BCUT2D eigenvalue weighted by Gasteiger charge is -2.35. The molecule has 0 rings (SSSR count). The van der Waals surface area contributed by atoms with Gasteiger partial charge < -0.3 is 0 Å². The molecule has 0 amide bonds. The molecule has 0 aliphatic heterocycles. The van der Waals surface area contributed by atoms with E-state index in [1.54, 1.807) is 0 Å². The highest BCUT2D eigenvalue weighted by Crippen LogP contribution is 2.36. The highest BCUT2D eigenvalue weighted by Gasteiger charge is 2.33. The van der Waals surface area contributed by atoms with Gasteiger partial charge in [0, 0.05) is 0 Å². The molecular formula is C10H23ISi. The highest BCUT2D eigenvalue weighted by atomic mass is 127. The minimum atomic E-state index is -0.930. The summed E-state index contributed by atoms with van der Waals surface area (Å²) in [6.45, 7) is 12.2. The molecule has 0 saturated carbocycles. The van der Waals surface area contributed by atoms with Crippen LogP contribution in [0.1, 0.15) is 34.1 Å². The van der Waals surface area contributed by atoms with Crippen LogP contribution >= 0.6 is 22.6 Å². The van der Waals surface area contributed by atoms with Crippen LogP contribution in [0.2, 0.25) is 23.7 Å². The molecule has 0 bridgehead atoms. The first kappa shape index (κ1) is 12.9. The lowest BCUT2D eigenvalue weighted by atomic mass is 10.5. The number of hydrogen-bond acceptors (Lipinski definition) is 0. The van der Waals surface area contributed by atoms with Crippen molar-refractivity contribution in [1.29, 1.82) is 0 Å². The fourth-order valence-corrected chi connectivity index (χ4v) is 6.22. The van der Waals surface area contributed by atoms with Gasteiger partial charge in [-0.15, -0.1) is 0 Å². The molecule has 0 aromatic carbocycles. The highest BCUT2D eigenvalue weighted by molar-refractivity contribution is 14.1. The molecule has 0 aliphatic rings. The molecule has 0 radical (unpaired) electrons. The van der Waals surface area contributed by atoms with Gasteiger partial charge >= 0.3 is 0 Å². The van der Waals surface area contributed by atoms with Crippen LogP contribution in [0.4, 0.5) is 0 Å². The topological polar surface area (TPSA) is 0 Å². The lowest BCUT2D eigenvalue weighted by molar-refractivity contribution is 0.862. The summed E-state index contributed by atoms with van der Waals surface area (Å²) in [5.41, 5.74) is 1.89. The van der Waals surface area contributed by atoms with Crippen LogP contribution in [0.5, 0.6) is 0 Å². The van der Waals surface area contributed by atoms with Crippen LogP contribution in [-0.4, -0.2) is 12.5 Å². The van der Waals surface area contributed by atoms with E-state index in [4.69, 9.17) is 0 Å². The van der Waals surface area contributed by atoms with E-state index < -0.39 is 8.07 Å². The summed E-state index contributed by atoms with van der Waals surface area (Å²) in [5.74, 6) is 0. The molecule has 0 nitrogen and oxygen atoms in total. The third-order valence-corrected chi connectivity index (χ3v) is 11.0. The molecule has 2 heteroatoms. The summed E-state index contributed by atoms with van der Waals surface area (Å²) < 4.78 is 1.33. The summed E-state index contributed by atoms with van der Waals surface area (Å²) in [6.07, 6.45) is 1.43. The molecule has 0 fully saturated rings. The zero-order chi connectivity index (χ0) is 9.78. The predicted molar refractivity (Wildman–Crippen MR) is 70.1 cm³/mol. The molecule has 0 aromatic rings. The maximum Gasteiger partial charge on any atom is 0.0556 e. The minimum absolute atomic E-state index is 0.930. The molecule has 0 saturated heterocycles. The van der Waals surface area contributed by atoms with Crippen LogP contribution in [0.15, 0.2) is 0 Å². The summed E-state index contributed by atoms with van der Waals surface area (Å²) >= 11 is 2.50. The van der Waals surface area contributed by atoms with Crippen molar-refractivity contribution in [3.63, 3.8) is 0 Å². The average molecular weight is 298 g/mol. The van der Waals surface area contributed by atoms with E-state index >= 15 is 0 Å². The normalized spacial score (nSPS) is 13.0. The first-order valence-electron chi connectivity index (χ1n) is 5.01. The number of alkyl halides is 1.